The Balaban J connectivity index is 2.54. The van der Waals surface area contributed by atoms with Gasteiger partial charge in [-0.15, -0.1) is 0 Å². The van der Waals surface area contributed by atoms with E-state index < -0.39 is 5.54 Å². The zero-order valence-electron chi connectivity index (χ0n) is 11.9. The van der Waals surface area contributed by atoms with Crippen molar-refractivity contribution in [1.29, 1.82) is 0 Å². The van der Waals surface area contributed by atoms with Gasteiger partial charge in [0.25, 0.3) is 0 Å². The highest BCUT2D eigenvalue weighted by molar-refractivity contribution is 5.01. The summed E-state index contributed by atoms with van der Waals surface area (Å²) < 4.78 is 10.7. The van der Waals surface area contributed by atoms with Gasteiger partial charge in [-0.05, 0) is 25.7 Å². The number of aryl methyl sites for hydroxylation is 1. The molecule has 2 N–H and O–H groups in total. The number of hydrogen-bond acceptors (Lipinski definition) is 5. The Morgan fingerprint density at radius 2 is 2.17 bits per heavy atom. The maximum Gasteiger partial charge on any atom is 0.226 e. The Bertz CT molecular complexity index is 348. The molecule has 104 valence electrons. The third-order valence-corrected chi connectivity index (χ3v) is 2.66. The Hall–Kier alpha value is -0.940. The van der Waals surface area contributed by atoms with E-state index in [0.29, 0.717) is 30.8 Å². The SMILES string of the molecule is CCCOCC(C)(N)c1noc(CCC(C)C)n1. The second kappa shape index (κ2) is 6.85. The summed E-state index contributed by atoms with van der Waals surface area (Å²) in [4.78, 5) is 4.35. The highest BCUT2D eigenvalue weighted by Crippen LogP contribution is 2.16. The summed E-state index contributed by atoms with van der Waals surface area (Å²) in [6.07, 6.45) is 2.81. The van der Waals surface area contributed by atoms with E-state index in [1.165, 1.54) is 0 Å². The average Bonchev–Trinajstić information content (AvgIpc) is 2.76. The van der Waals surface area contributed by atoms with E-state index in [1.54, 1.807) is 0 Å². The Morgan fingerprint density at radius 3 is 2.78 bits per heavy atom. The molecule has 0 fully saturated rings. The molecule has 1 atom stereocenters. The van der Waals surface area contributed by atoms with Crippen LogP contribution in [0.3, 0.4) is 0 Å². The lowest BCUT2D eigenvalue weighted by Gasteiger charge is -2.19. The van der Waals surface area contributed by atoms with Crippen molar-refractivity contribution in [3.63, 3.8) is 0 Å². The van der Waals surface area contributed by atoms with Crippen molar-refractivity contribution in [2.75, 3.05) is 13.2 Å². The van der Waals surface area contributed by atoms with E-state index in [1.807, 2.05) is 6.92 Å². The first kappa shape index (κ1) is 15.1. The normalized spacial score (nSPS) is 15.0. The van der Waals surface area contributed by atoms with Crippen LogP contribution in [0.15, 0.2) is 4.52 Å². The van der Waals surface area contributed by atoms with Crippen LogP contribution in [0.5, 0.6) is 0 Å². The molecule has 1 unspecified atom stereocenters. The van der Waals surface area contributed by atoms with E-state index in [4.69, 9.17) is 15.0 Å². The van der Waals surface area contributed by atoms with Crippen molar-refractivity contribution in [1.82, 2.24) is 10.1 Å². The zero-order valence-corrected chi connectivity index (χ0v) is 11.9. The summed E-state index contributed by atoms with van der Waals surface area (Å²) in [5, 5.41) is 3.95. The lowest BCUT2D eigenvalue weighted by molar-refractivity contribution is 0.0867. The quantitative estimate of drug-likeness (QED) is 0.721. The minimum absolute atomic E-state index is 0.407. The molecule has 5 nitrogen and oxygen atoms in total. The van der Waals surface area contributed by atoms with Crippen molar-refractivity contribution < 1.29 is 9.26 Å². The first-order valence-corrected chi connectivity index (χ1v) is 6.65. The van der Waals surface area contributed by atoms with Gasteiger partial charge in [0.1, 0.15) is 5.54 Å². The number of aromatic nitrogens is 2. The van der Waals surface area contributed by atoms with Crippen LogP contribution in [0.4, 0.5) is 0 Å². The maximum atomic E-state index is 6.14. The van der Waals surface area contributed by atoms with Gasteiger partial charge < -0.3 is 15.0 Å². The fourth-order valence-electron chi connectivity index (χ4n) is 1.49. The van der Waals surface area contributed by atoms with Crippen LogP contribution in [-0.2, 0) is 16.7 Å². The van der Waals surface area contributed by atoms with Crippen molar-refractivity contribution >= 4 is 0 Å². The molecule has 1 aromatic heterocycles. The molecule has 1 aromatic rings. The van der Waals surface area contributed by atoms with Crippen LogP contribution in [0.2, 0.25) is 0 Å². The van der Waals surface area contributed by atoms with Crippen LogP contribution < -0.4 is 5.73 Å². The lowest BCUT2D eigenvalue weighted by atomic mass is 10.1. The molecule has 0 amide bonds. The molecule has 1 heterocycles. The fraction of sp³-hybridized carbons (Fsp3) is 0.846. The molecule has 0 saturated heterocycles. The molecule has 0 aromatic carbocycles. The molecular weight excluding hydrogens is 230 g/mol. The molecule has 0 aliphatic rings. The molecule has 1 rings (SSSR count). The summed E-state index contributed by atoms with van der Waals surface area (Å²) in [5.41, 5.74) is 5.45. The van der Waals surface area contributed by atoms with Crippen LogP contribution in [0.1, 0.15) is 52.3 Å². The van der Waals surface area contributed by atoms with E-state index in [-0.39, 0.29) is 0 Å². The number of nitrogens with two attached hydrogens (primary N) is 1. The molecule has 0 aliphatic carbocycles. The van der Waals surface area contributed by atoms with Crippen LogP contribution in [0, 0.1) is 5.92 Å². The first-order chi connectivity index (χ1) is 8.45. The Morgan fingerprint density at radius 1 is 1.44 bits per heavy atom. The molecule has 18 heavy (non-hydrogen) atoms. The average molecular weight is 255 g/mol. The van der Waals surface area contributed by atoms with Gasteiger partial charge in [0.15, 0.2) is 5.82 Å². The summed E-state index contributed by atoms with van der Waals surface area (Å²) in [6.45, 7) is 9.37. The van der Waals surface area contributed by atoms with Gasteiger partial charge in [-0.2, -0.15) is 4.98 Å². The van der Waals surface area contributed by atoms with Crippen molar-refractivity contribution in [2.45, 2.75) is 52.5 Å². The van der Waals surface area contributed by atoms with E-state index in [2.05, 4.69) is 30.9 Å². The fourth-order valence-corrected chi connectivity index (χ4v) is 1.49. The minimum atomic E-state index is -0.686. The van der Waals surface area contributed by atoms with E-state index >= 15 is 0 Å². The second-order valence-corrected chi connectivity index (χ2v) is 5.41. The largest absolute Gasteiger partial charge is 0.379 e. The van der Waals surface area contributed by atoms with E-state index in [0.717, 1.165) is 19.3 Å². The third kappa shape index (κ3) is 4.74. The number of ether oxygens (including phenoxy) is 1. The molecule has 0 radical (unpaired) electrons. The lowest BCUT2D eigenvalue weighted by Crippen LogP contribution is -2.39. The van der Waals surface area contributed by atoms with Gasteiger partial charge in [-0.1, -0.05) is 25.9 Å². The Labute approximate surface area is 109 Å². The molecular formula is C13H25N3O2. The molecule has 0 spiro atoms. The van der Waals surface area contributed by atoms with Crippen LogP contribution >= 0.6 is 0 Å². The first-order valence-electron chi connectivity index (χ1n) is 6.65. The van der Waals surface area contributed by atoms with Gasteiger partial charge in [0.05, 0.1) is 6.61 Å². The van der Waals surface area contributed by atoms with Crippen LogP contribution in [-0.4, -0.2) is 23.4 Å². The Kier molecular flexibility index (Phi) is 5.75. The smallest absolute Gasteiger partial charge is 0.226 e. The third-order valence-electron chi connectivity index (χ3n) is 2.66. The maximum absolute atomic E-state index is 6.14. The zero-order chi connectivity index (χ0) is 13.6. The van der Waals surface area contributed by atoms with Gasteiger partial charge in [-0.25, -0.2) is 0 Å². The summed E-state index contributed by atoms with van der Waals surface area (Å²) in [5.74, 6) is 1.81. The highest BCUT2D eigenvalue weighted by atomic mass is 16.5. The van der Waals surface area contributed by atoms with Crippen LogP contribution in [0.25, 0.3) is 0 Å². The topological polar surface area (TPSA) is 74.2 Å². The second-order valence-electron chi connectivity index (χ2n) is 5.41. The molecule has 0 saturated carbocycles. The predicted molar refractivity (Wildman–Crippen MR) is 70.1 cm³/mol. The monoisotopic (exact) mass is 255 g/mol. The van der Waals surface area contributed by atoms with Gasteiger partial charge >= 0.3 is 0 Å². The minimum Gasteiger partial charge on any atom is -0.379 e. The van der Waals surface area contributed by atoms with Crippen molar-refractivity contribution in [3.8, 4) is 0 Å². The number of rotatable bonds is 8. The van der Waals surface area contributed by atoms with Gasteiger partial charge in [0, 0.05) is 13.0 Å². The van der Waals surface area contributed by atoms with Crippen molar-refractivity contribution in [3.05, 3.63) is 11.7 Å². The number of nitrogens with zero attached hydrogens (tertiary/aromatic N) is 2. The standard InChI is InChI=1S/C13H25N3O2/c1-5-8-17-9-13(4,14)12-15-11(18-16-12)7-6-10(2)3/h10H,5-9,14H2,1-4H3. The summed E-state index contributed by atoms with van der Waals surface area (Å²) in [6, 6.07) is 0. The predicted octanol–water partition coefficient (Wildman–Crippen LogP) is 2.26. The highest BCUT2D eigenvalue weighted by Gasteiger charge is 2.27. The van der Waals surface area contributed by atoms with E-state index in [9.17, 15) is 0 Å². The van der Waals surface area contributed by atoms with Gasteiger partial charge in [0.2, 0.25) is 5.89 Å². The van der Waals surface area contributed by atoms with Crippen molar-refractivity contribution in [2.24, 2.45) is 11.7 Å². The molecule has 5 heteroatoms. The molecule has 0 bridgehead atoms. The summed E-state index contributed by atoms with van der Waals surface area (Å²) in [7, 11) is 0. The number of hydrogen-bond donors (Lipinski definition) is 1. The molecule has 0 aliphatic heterocycles. The van der Waals surface area contributed by atoms with Gasteiger partial charge in [-0.3, -0.25) is 0 Å². The summed E-state index contributed by atoms with van der Waals surface area (Å²) >= 11 is 0.